The van der Waals surface area contributed by atoms with Crippen molar-refractivity contribution in [1.29, 1.82) is 0 Å². The van der Waals surface area contributed by atoms with Crippen LogP contribution in [0.1, 0.15) is 37.0 Å². The van der Waals surface area contributed by atoms with Gasteiger partial charge in [0.15, 0.2) is 0 Å². The van der Waals surface area contributed by atoms with Crippen LogP contribution in [0.2, 0.25) is 0 Å². The topological polar surface area (TPSA) is 72.7 Å². The molecule has 1 fully saturated rings. The van der Waals surface area contributed by atoms with Crippen LogP contribution in [0.25, 0.3) is 0 Å². The SMILES string of the molecule is CCc1nc(C)nn1CC[C@@]1(c2ccccc2)C[C@H]1C(=O)Nc1ccc(F)cn1. The molecule has 0 bridgehead atoms. The normalized spacial score (nSPS) is 20.4. The monoisotopic (exact) mass is 393 g/mol. The summed E-state index contributed by atoms with van der Waals surface area (Å²) in [6.45, 7) is 4.67. The highest BCUT2D eigenvalue weighted by Gasteiger charge is 2.58. The van der Waals surface area contributed by atoms with Crippen LogP contribution in [0, 0.1) is 18.7 Å². The van der Waals surface area contributed by atoms with E-state index >= 15 is 0 Å². The fraction of sp³-hybridized carbons (Fsp3) is 0.364. The van der Waals surface area contributed by atoms with Crippen molar-refractivity contribution in [3.63, 3.8) is 0 Å². The van der Waals surface area contributed by atoms with E-state index in [-0.39, 0.29) is 17.2 Å². The predicted molar refractivity (Wildman–Crippen MR) is 108 cm³/mol. The van der Waals surface area contributed by atoms with Gasteiger partial charge in [0.25, 0.3) is 0 Å². The summed E-state index contributed by atoms with van der Waals surface area (Å²) >= 11 is 0. The molecule has 1 N–H and O–H groups in total. The van der Waals surface area contributed by atoms with Crippen molar-refractivity contribution in [2.24, 2.45) is 5.92 Å². The zero-order valence-electron chi connectivity index (χ0n) is 16.6. The van der Waals surface area contributed by atoms with E-state index in [1.165, 1.54) is 12.1 Å². The standard InChI is InChI=1S/C22H24FN5O/c1-3-20-25-15(2)27-28(20)12-11-22(16-7-5-4-6-8-16)13-18(22)21(29)26-19-10-9-17(23)14-24-19/h4-10,14,18H,3,11-13H2,1-2H3,(H,24,26,29)/t18-,22-/m0/s1. The summed E-state index contributed by atoms with van der Waals surface area (Å²) in [6.07, 6.45) is 3.48. The molecule has 1 amide bonds. The van der Waals surface area contributed by atoms with Crippen molar-refractivity contribution in [3.05, 3.63) is 71.7 Å². The van der Waals surface area contributed by atoms with Crippen molar-refractivity contribution in [1.82, 2.24) is 19.7 Å². The number of amides is 1. The van der Waals surface area contributed by atoms with E-state index in [2.05, 4.69) is 39.4 Å². The zero-order chi connectivity index (χ0) is 20.4. The van der Waals surface area contributed by atoms with Crippen LogP contribution >= 0.6 is 0 Å². The minimum atomic E-state index is -0.428. The fourth-order valence-electron chi connectivity index (χ4n) is 4.07. The fourth-order valence-corrected chi connectivity index (χ4v) is 4.07. The Morgan fingerprint density at radius 1 is 1.28 bits per heavy atom. The Bertz CT molecular complexity index is 1000. The van der Waals surface area contributed by atoms with Crippen LogP contribution in [0.15, 0.2) is 48.7 Å². The minimum Gasteiger partial charge on any atom is -0.310 e. The molecule has 2 heterocycles. The van der Waals surface area contributed by atoms with Gasteiger partial charge >= 0.3 is 0 Å². The molecule has 2 atom stereocenters. The average molecular weight is 393 g/mol. The Hall–Kier alpha value is -3.09. The summed E-state index contributed by atoms with van der Waals surface area (Å²) in [5, 5.41) is 7.34. The number of nitrogens with one attached hydrogen (secondary N) is 1. The van der Waals surface area contributed by atoms with Crippen LogP contribution in [0.5, 0.6) is 0 Å². The van der Waals surface area contributed by atoms with Gasteiger partial charge in [0.05, 0.1) is 6.20 Å². The van der Waals surface area contributed by atoms with Crippen LogP contribution in [0.3, 0.4) is 0 Å². The third-order valence-electron chi connectivity index (χ3n) is 5.66. The van der Waals surface area contributed by atoms with Crippen molar-refractivity contribution in [2.45, 2.75) is 45.1 Å². The lowest BCUT2D eigenvalue weighted by atomic mass is 9.89. The second-order valence-corrected chi connectivity index (χ2v) is 7.53. The second-order valence-electron chi connectivity index (χ2n) is 7.53. The Morgan fingerprint density at radius 3 is 2.76 bits per heavy atom. The molecule has 0 spiro atoms. The Kier molecular flexibility index (Phi) is 5.13. The van der Waals surface area contributed by atoms with Crippen LogP contribution < -0.4 is 5.32 Å². The molecule has 1 aromatic carbocycles. The van der Waals surface area contributed by atoms with Crippen molar-refractivity contribution in [2.75, 3.05) is 5.32 Å². The van der Waals surface area contributed by atoms with Gasteiger partial charge in [-0.05, 0) is 37.5 Å². The number of carbonyl (C=O) groups is 1. The third-order valence-corrected chi connectivity index (χ3v) is 5.66. The summed E-state index contributed by atoms with van der Waals surface area (Å²) in [5.74, 6) is 1.42. The van der Waals surface area contributed by atoms with Gasteiger partial charge in [0.2, 0.25) is 5.91 Å². The number of hydrogen-bond donors (Lipinski definition) is 1. The maximum absolute atomic E-state index is 13.1. The molecule has 7 heteroatoms. The highest BCUT2D eigenvalue weighted by atomic mass is 19.1. The number of halogens is 1. The Labute approximate surface area is 169 Å². The highest BCUT2D eigenvalue weighted by Crippen LogP contribution is 2.57. The molecule has 0 unspecified atom stereocenters. The molecule has 1 aliphatic rings. The van der Waals surface area contributed by atoms with Crippen molar-refractivity contribution < 1.29 is 9.18 Å². The number of hydrogen-bond acceptors (Lipinski definition) is 4. The first-order valence-corrected chi connectivity index (χ1v) is 9.90. The Balaban J connectivity index is 1.53. The van der Waals surface area contributed by atoms with Crippen molar-refractivity contribution in [3.8, 4) is 0 Å². The van der Waals surface area contributed by atoms with E-state index in [1.807, 2.05) is 29.8 Å². The molecule has 0 saturated heterocycles. The van der Waals surface area contributed by atoms with Gasteiger partial charge in [0, 0.05) is 24.3 Å². The van der Waals surface area contributed by atoms with Crippen LogP contribution in [-0.4, -0.2) is 25.7 Å². The summed E-state index contributed by atoms with van der Waals surface area (Å²) in [4.78, 5) is 21.3. The van der Waals surface area contributed by atoms with Gasteiger partial charge in [0.1, 0.15) is 23.3 Å². The molecular weight excluding hydrogens is 369 g/mol. The number of benzene rings is 1. The zero-order valence-corrected chi connectivity index (χ0v) is 16.6. The van der Waals surface area contributed by atoms with Gasteiger partial charge in [-0.15, -0.1) is 0 Å². The minimum absolute atomic E-state index is 0.0848. The van der Waals surface area contributed by atoms with E-state index in [4.69, 9.17) is 0 Å². The molecule has 29 heavy (non-hydrogen) atoms. The van der Waals surface area contributed by atoms with E-state index in [0.29, 0.717) is 12.4 Å². The van der Waals surface area contributed by atoms with Gasteiger partial charge < -0.3 is 5.32 Å². The number of pyridine rings is 1. The maximum Gasteiger partial charge on any atom is 0.229 e. The number of rotatable bonds is 7. The third kappa shape index (κ3) is 3.90. The molecular formula is C22H24FN5O. The number of carbonyl (C=O) groups excluding carboxylic acids is 1. The quantitative estimate of drug-likeness (QED) is 0.665. The van der Waals surface area contributed by atoms with Crippen LogP contribution in [-0.2, 0) is 23.2 Å². The average Bonchev–Trinajstić information content (AvgIpc) is 3.37. The predicted octanol–water partition coefficient (Wildman–Crippen LogP) is 3.67. The first kappa shape index (κ1) is 19.2. The second kappa shape index (κ2) is 7.73. The Morgan fingerprint density at radius 2 is 2.07 bits per heavy atom. The molecule has 150 valence electrons. The van der Waals surface area contributed by atoms with E-state index in [0.717, 1.165) is 42.7 Å². The van der Waals surface area contributed by atoms with E-state index in [1.54, 1.807) is 0 Å². The van der Waals surface area contributed by atoms with E-state index < -0.39 is 5.82 Å². The molecule has 4 rings (SSSR count). The molecule has 0 aliphatic heterocycles. The van der Waals surface area contributed by atoms with Crippen LogP contribution in [0.4, 0.5) is 10.2 Å². The molecule has 3 aromatic rings. The number of anilines is 1. The summed E-state index contributed by atoms with van der Waals surface area (Å²) < 4.78 is 15.0. The smallest absolute Gasteiger partial charge is 0.229 e. The first-order valence-electron chi connectivity index (χ1n) is 9.90. The van der Waals surface area contributed by atoms with Crippen molar-refractivity contribution >= 4 is 11.7 Å². The number of aromatic nitrogens is 4. The lowest BCUT2D eigenvalue weighted by Gasteiger charge is -2.18. The van der Waals surface area contributed by atoms with Gasteiger partial charge in [-0.25, -0.2) is 19.0 Å². The molecule has 2 aromatic heterocycles. The summed E-state index contributed by atoms with van der Waals surface area (Å²) in [6, 6.07) is 12.9. The van der Waals surface area contributed by atoms with E-state index in [9.17, 15) is 9.18 Å². The summed E-state index contributed by atoms with van der Waals surface area (Å²) in [5.41, 5.74) is 0.915. The number of nitrogens with zero attached hydrogens (tertiary/aromatic N) is 4. The lowest BCUT2D eigenvalue weighted by molar-refractivity contribution is -0.117. The first-order chi connectivity index (χ1) is 14.0. The van der Waals surface area contributed by atoms with Gasteiger partial charge in [-0.1, -0.05) is 37.3 Å². The molecule has 1 aliphatic carbocycles. The highest BCUT2D eigenvalue weighted by molar-refractivity contribution is 5.95. The maximum atomic E-state index is 13.1. The molecule has 0 radical (unpaired) electrons. The molecule has 1 saturated carbocycles. The van der Waals surface area contributed by atoms with Gasteiger partial charge in [-0.2, -0.15) is 5.10 Å². The summed E-state index contributed by atoms with van der Waals surface area (Å²) in [7, 11) is 0. The lowest BCUT2D eigenvalue weighted by Crippen LogP contribution is -2.23. The number of aryl methyl sites for hydroxylation is 3. The molecule has 6 nitrogen and oxygen atoms in total. The largest absolute Gasteiger partial charge is 0.310 e. The van der Waals surface area contributed by atoms with Gasteiger partial charge in [-0.3, -0.25) is 4.79 Å².